The molecule has 9 heteroatoms. The summed E-state index contributed by atoms with van der Waals surface area (Å²) in [5.74, 6) is -0.614. The minimum atomic E-state index is -0.976. The summed E-state index contributed by atoms with van der Waals surface area (Å²) in [5.41, 5.74) is 1.99. The summed E-state index contributed by atoms with van der Waals surface area (Å²) in [6.45, 7) is 5.56. The van der Waals surface area contributed by atoms with E-state index in [1.54, 1.807) is 6.92 Å². The van der Waals surface area contributed by atoms with Crippen molar-refractivity contribution in [2.24, 2.45) is 0 Å². The van der Waals surface area contributed by atoms with E-state index in [0.717, 1.165) is 22.9 Å². The normalized spacial score (nSPS) is 11.8. The third kappa shape index (κ3) is 5.79. The smallest absolute Gasteiger partial charge is 0.314 e. The predicted molar refractivity (Wildman–Crippen MR) is 90.5 cm³/mol. The van der Waals surface area contributed by atoms with Gasteiger partial charge in [-0.15, -0.1) is 10.2 Å². The highest BCUT2D eigenvalue weighted by atomic mass is 32.2. The quantitative estimate of drug-likeness (QED) is 0.682. The number of hydrogen-bond acceptors (Lipinski definition) is 7. The fourth-order valence-corrected chi connectivity index (χ4v) is 2.38. The highest BCUT2D eigenvalue weighted by Gasteiger charge is 2.17. The van der Waals surface area contributed by atoms with Gasteiger partial charge in [0.05, 0.1) is 6.54 Å². The lowest BCUT2D eigenvalue weighted by Crippen LogP contribution is -2.36. The van der Waals surface area contributed by atoms with Crippen molar-refractivity contribution in [1.82, 2.24) is 15.5 Å². The Balaban J connectivity index is 1.85. The lowest BCUT2D eigenvalue weighted by Gasteiger charge is -2.16. The SMILES string of the molecule is Cc1ccc(C)c(O[C@H](C)C(=O)NCc2nnc(SCC(=O)O)o2)c1. The van der Waals surface area contributed by atoms with Gasteiger partial charge in [-0.3, -0.25) is 9.59 Å². The van der Waals surface area contributed by atoms with Crippen LogP contribution in [0.1, 0.15) is 23.9 Å². The van der Waals surface area contributed by atoms with Gasteiger partial charge in [-0.1, -0.05) is 23.9 Å². The van der Waals surface area contributed by atoms with Gasteiger partial charge in [0.25, 0.3) is 11.1 Å². The van der Waals surface area contributed by atoms with Gasteiger partial charge in [0.2, 0.25) is 5.89 Å². The van der Waals surface area contributed by atoms with Crippen molar-refractivity contribution in [1.29, 1.82) is 0 Å². The van der Waals surface area contributed by atoms with E-state index in [9.17, 15) is 9.59 Å². The second-order valence-electron chi connectivity index (χ2n) is 5.39. The summed E-state index contributed by atoms with van der Waals surface area (Å²) in [6, 6.07) is 5.79. The number of aromatic nitrogens is 2. The van der Waals surface area contributed by atoms with E-state index >= 15 is 0 Å². The molecule has 0 radical (unpaired) electrons. The van der Waals surface area contributed by atoms with E-state index in [1.807, 2.05) is 32.0 Å². The number of thioether (sulfide) groups is 1. The molecule has 0 bridgehead atoms. The largest absolute Gasteiger partial charge is 0.481 e. The summed E-state index contributed by atoms with van der Waals surface area (Å²) in [6.07, 6.45) is -0.690. The molecular weight excluding hydrogens is 346 g/mol. The number of aliphatic carboxylic acids is 1. The first kappa shape index (κ1) is 18.8. The van der Waals surface area contributed by atoms with E-state index < -0.39 is 12.1 Å². The maximum atomic E-state index is 12.1. The number of carbonyl (C=O) groups is 2. The first-order valence-corrected chi connectivity index (χ1v) is 8.52. The number of amides is 1. The zero-order valence-corrected chi connectivity index (χ0v) is 14.9. The maximum absolute atomic E-state index is 12.1. The van der Waals surface area contributed by atoms with Crippen LogP contribution in [-0.4, -0.2) is 39.0 Å². The van der Waals surface area contributed by atoms with Crippen LogP contribution in [0.25, 0.3) is 0 Å². The fourth-order valence-electron chi connectivity index (χ4n) is 1.88. The number of carboxylic acids is 1. The molecule has 8 nitrogen and oxygen atoms in total. The van der Waals surface area contributed by atoms with Gasteiger partial charge in [-0.2, -0.15) is 0 Å². The molecule has 0 aliphatic heterocycles. The summed E-state index contributed by atoms with van der Waals surface area (Å²) in [7, 11) is 0. The first-order chi connectivity index (χ1) is 11.8. The average molecular weight is 365 g/mol. The number of hydrogen-bond donors (Lipinski definition) is 2. The van der Waals surface area contributed by atoms with Crippen molar-refractivity contribution in [3.8, 4) is 5.75 Å². The van der Waals surface area contributed by atoms with Crippen LogP contribution in [0.15, 0.2) is 27.8 Å². The highest BCUT2D eigenvalue weighted by molar-refractivity contribution is 7.99. The van der Waals surface area contributed by atoms with Crippen LogP contribution in [0.3, 0.4) is 0 Å². The summed E-state index contributed by atoms with van der Waals surface area (Å²) >= 11 is 0.917. The monoisotopic (exact) mass is 365 g/mol. The summed E-state index contributed by atoms with van der Waals surface area (Å²) in [4.78, 5) is 22.6. The molecule has 2 rings (SSSR count). The van der Waals surface area contributed by atoms with Gasteiger partial charge in [-0.05, 0) is 38.0 Å². The Labute approximate surface area is 149 Å². The summed E-state index contributed by atoms with van der Waals surface area (Å²) < 4.78 is 10.9. The molecule has 0 saturated heterocycles. The molecule has 1 amide bonds. The summed E-state index contributed by atoms with van der Waals surface area (Å²) in [5, 5.41) is 18.8. The molecule has 1 heterocycles. The van der Waals surface area contributed by atoms with Gasteiger partial charge in [-0.25, -0.2) is 0 Å². The van der Waals surface area contributed by atoms with Crippen LogP contribution in [0.5, 0.6) is 5.75 Å². The van der Waals surface area contributed by atoms with Crippen molar-refractivity contribution in [2.45, 2.75) is 38.6 Å². The van der Waals surface area contributed by atoms with E-state index in [2.05, 4.69) is 15.5 Å². The van der Waals surface area contributed by atoms with Crippen LogP contribution >= 0.6 is 11.8 Å². The van der Waals surface area contributed by atoms with Crippen molar-refractivity contribution in [2.75, 3.05) is 5.75 Å². The fraction of sp³-hybridized carbons (Fsp3) is 0.375. The van der Waals surface area contributed by atoms with Crippen molar-refractivity contribution < 1.29 is 23.8 Å². The van der Waals surface area contributed by atoms with Crippen LogP contribution < -0.4 is 10.1 Å². The maximum Gasteiger partial charge on any atom is 0.314 e. The average Bonchev–Trinajstić information content (AvgIpc) is 3.02. The Morgan fingerprint density at radius 2 is 2.12 bits per heavy atom. The zero-order valence-electron chi connectivity index (χ0n) is 14.1. The second kappa shape index (κ2) is 8.52. The molecule has 1 atom stereocenters. The van der Waals surface area contributed by atoms with Gasteiger partial charge >= 0.3 is 5.97 Å². The first-order valence-electron chi connectivity index (χ1n) is 7.53. The van der Waals surface area contributed by atoms with Crippen LogP contribution in [0.4, 0.5) is 0 Å². The minimum Gasteiger partial charge on any atom is -0.481 e. The number of aryl methyl sites for hydroxylation is 2. The van der Waals surface area contributed by atoms with Gasteiger partial charge in [0.15, 0.2) is 6.10 Å². The van der Waals surface area contributed by atoms with E-state index in [1.165, 1.54) is 0 Å². The second-order valence-corrected chi connectivity index (χ2v) is 6.32. The van der Waals surface area contributed by atoms with E-state index in [0.29, 0.717) is 5.75 Å². The Morgan fingerprint density at radius 3 is 2.84 bits per heavy atom. The number of benzene rings is 1. The molecule has 0 saturated carbocycles. The predicted octanol–water partition coefficient (Wildman–Crippen LogP) is 1.95. The molecule has 134 valence electrons. The molecule has 2 N–H and O–H groups in total. The Bertz CT molecular complexity index is 762. The van der Waals surface area contributed by atoms with Gasteiger partial charge in [0.1, 0.15) is 11.5 Å². The number of carboxylic acid groups (broad SMARTS) is 1. The topological polar surface area (TPSA) is 115 Å². The van der Waals surface area contributed by atoms with Crippen molar-refractivity contribution in [3.63, 3.8) is 0 Å². The van der Waals surface area contributed by atoms with Gasteiger partial charge < -0.3 is 19.6 Å². The zero-order chi connectivity index (χ0) is 18.4. The highest BCUT2D eigenvalue weighted by Crippen LogP contribution is 2.20. The van der Waals surface area contributed by atoms with Crippen LogP contribution in [-0.2, 0) is 16.1 Å². The number of nitrogens with one attached hydrogen (secondary N) is 1. The van der Waals surface area contributed by atoms with Crippen LogP contribution in [0.2, 0.25) is 0 Å². The number of ether oxygens (including phenoxy) is 1. The molecule has 0 aliphatic carbocycles. The molecule has 1 aromatic heterocycles. The Kier molecular flexibility index (Phi) is 6.40. The Hall–Kier alpha value is -2.55. The van der Waals surface area contributed by atoms with E-state index in [-0.39, 0.29) is 29.3 Å². The Morgan fingerprint density at radius 1 is 1.36 bits per heavy atom. The van der Waals surface area contributed by atoms with Crippen LogP contribution in [0, 0.1) is 13.8 Å². The van der Waals surface area contributed by atoms with Gasteiger partial charge in [0, 0.05) is 0 Å². The third-order valence-corrected chi connectivity index (χ3v) is 4.00. The number of nitrogens with zero attached hydrogens (tertiary/aromatic N) is 2. The molecule has 0 unspecified atom stereocenters. The third-order valence-electron chi connectivity index (χ3n) is 3.20. The number of carbonyl (C=O) groups excluding carboxylic acids is 1. The molecule has 2 aromatic rings. The molecule has 25 heavy (non-hydrogen) atoms. The van der Waals surface area contributed by atoms with E-state index in [4.69, 9.17) is 14.3 Å². The lowest BCUT2D eigenvalue weighted by atomic mass is 10.1. The van der Waals surface area contributed by atoms with Crippen molar-refractivity contribution in [3.05, 3.63) is 35.2 Å². The lowest BCUT2D eigenvalue weighted by molar-refractivity contribution is -0.134. The molecular formula is C16H19N3O5S. The molecule has 0 aliphatic rings. The van der Waals surface area contributed by atoms with Crippen molar-refractivity contribution >= 4 is 23.6 Å². The number of rotatable bonds is 8. The molecule has 0 spiro atoms. The minimum absolute atomic E-state index is 0.0416. The molecule has 1 aromatic carbocycles. The molecule has 0 fully saturated rings. The standard InChI is InChI=1S/C16H19N3O5S/c1-9-4-5-10(2)12(6-9)23-11(3)15(22)17-7-13-18-19-16(24-13)25-8-14(20)21/h4-6,11H,7-8H2,1-3H3,(H,17,22)(H,20,21)/t11-/m1/s1.